The van der Waals surface area contributed by atoms with Crippen LogP contribution in [0.3, 0.4) is 0 Å². The molecule has 2 N–H and O–H groups in total. The number of aliphatic carboxylic acids is 1. The molecule has 0 aromatic heterocycles. The largest absolute Gasteiger partial charge is 0.490 e. The lowest BCUT2D eigenvalue weighted by atomic mass is 9.75. The van der Waals surface area contributed by atoms with E-state index in [4.69, 9.17) is 14.6 Å². The smallest absolute Gasteiger partial charge is 0.484 e. The Morgan fingerprint density at radius 1 is 1.19 bits per heavy atom. The first-order chi connectivity index (χ1) is 17.0. The molecule has 0 aliphatic carbocycles. The molecule has 3 heterocycles. The van der Waals surface area contributed by atoms with Crippen LogP contribution in [-0.4, -0.2) is 83.2 Å². The fourth-order valence-electron chi connectivity index (χ4n) is 5.45. The molecule has 3 atom stereocenters. The molecule has 1 aromatic carbocycles. The Balaban J connectivity index is 0.000000454. The zero-order valence-corrected chi connectivity index (χ0v) is 20.6. The van der Waals surface area contributed by atoms with Gasteiger partial charge in [-0.25, -0.2) is 4.79 Å². The third-order valence-corrected chi connectivity index (χ3v) is 7.45. The summed E-state index contributed by atoms with van der Waals surface area (Å²) in [6.07, 6.45) is -1.05. The summed E-state index contributed by atoms with van der Waals surface area (Å²) in [7, 11) is 0. The minimum absolute atomic E-state index is 0.0224. The third kappa shape index (κ3) is 6.48. The van der Waals surface area contributed by atoms with Gasteiger partial charge in [-0.3, -0.25) is 14.5 Å². The van der Waals surface area contributed by atoms with E-state index in [9.17, 15) is 22.8 Å². The van der Waals surface area contributed by atoms with E-state index in [1.165, 1.54) is 12.8 Å². The molecule has 2 amide bonds. The van der Waals surface area contributed by atoms with E-state index in [0.717, 1.165) is 25.9 Å². The number of hydrogen-bond acceptors (Lipinski definition) is 5. The van der Waals surface area contributed by atoms with Crippen LogP contribution in [0, 0.1) is 11.8 Å². The van der Waals surface area contributed by atoms with Crippen LogP contribution in [-0.2, 0) is 14.4 Å². The number of fused-ring (bicyclic) bond motifs is 2. The highest BCUT2D eigenvalue weighted by Gasteiger charge is 2.57. The van der Waals surface area contributed by atoms with E-state index in [0.29, 0.717) is 30.8 Å². The van der Waals surface area contributed by atoms with Crippen LogP contribution in [0.15, 0.2) is 30.3 Å². The Labute approximate surface area is 208 Å². The molecule has 0 radical (unpaired) electrons. The van der Waals surface area contributed by atoms with Gasteiger partial charge < -0.3 is 20.1 Å². The molecule has 1 spiro atoms. The molecular weight excluding hydrogens is 479 g/mol. The summed E-state index contributed by atoms with van der Waals surface area (Å²) in [5, 5.41) is 10.5. The number of carbonyl (C=O) groups is 3. The van der Waals surface area contributed by atoms with Crippen LogP contribution in [0.4, 0.5) is 13.2 Å². The first-order valence-corrected chi connectivity index (χ1v) is 12.3. The second-order valence-corrected chi connectivity index (χ2v) is 9.74. The molecule has 4 rings (SSSR count). The average Bonchev–Trinajstić information content (AvgIpc) is 3.39. The van der Waals surface area contributed by atoms with Gasteiger partial charge in [0.2, 0.25) is 5.91 Å². The summed E-state index contributed by atoms with van der Waals surface area (Å²) >= 11 is 0. The van der Waals surface area contributed by atoms with E-state index in [1.54, 1.807) is 0 Å². The maximum absolute atomic E-state index is 12.7. The molecule has 3 fully saturated rings. The van der Waals surface area contributed by atoms with Crippen LogP contribution in [0.1, 0.15) is 39.5 Å². The zero-order chi connectivity index (χ0) is 26.5. The number of rotatable bonds is 6. The van der Waals surface area contributed by atoms with Crippen LogP contribution in [0.25, 0.3) is 0 Å². The second-order valence-electron chi connectivity index (χ2n) is 9.74. The normalized spacial score (nSPS) is 23.9. The van der Waals surface area contributed by atoms with Crippen molar-refractivity contribution in [3.8, 4) is 5.75 Å². The SMILES string of the molecule is CCCC(C)N1C[C@H]2C(=O)NC3(CCN(C(=O)COc4ccccc4)CC3)[C@H]2C1.O=C(O)C(F)(F)F. The van der Waals surface area contributed by atoms with Gasteiger partial charge in [-0.1, -0.05) is 31.5 Å². The van der Waals surface area contributed by atoms with E-state index in [1.807, 2.05) is 35.2 Å². The number of alkyl halides is 3. The number of carboxylic acid groups (broad SMARTS) is 1. The van der Waals surface area contributed by atoms with Crippen molar-refractivity contribution < 1.29 is 37.4 Å². The summed E-state index contributed by atoms with van der Waals surface area (Å²) in [4.78, 5) is 38.6. The topological polar surface area (TPSA) is 99.2 Å². The lowest BCUT2D eigenvalue weighted by Crippen LogP contribution is -2.56. The highest BCUT2D eigenvalue weighted by Crippen LogP contribution is 2.44. The number of benzene rings is 1. The molecule has 1 unspecified atom stereocenters. The lowest BCUT2D eigenvalue weighted by Gasteiger charge is -2.43. The number of ether oxygens (including phenoxy) is 1. The average molecular weight is 514 g/mol. The van der Waals surface area contributed by atoms with Gasteiger partial charge in [0.15, 0.2) is 6.61 Å². The fourth-order valence-corrected chi connectivity index (χ4v) is 5.45. The molecule has 3 saturated heterocycles. The minimum atomic E-state index is -5.08. The Hall–Kier alpha value is -2.82. The van der Waals surface area contributed by atoms with Crippen LogP contribution in [0.2, 0.25) is 0 Å². The van der Waals surface area contributed by atoms with Gasteiger partial charge in [0.25, 0.3) is 5.91 Å². The maximum Gasteiger partial charge on any atom is 0.490 e. The van der Waals surface area contributed by atoms with Gasteiger partial charge in [0.1, 0.15) is 5.75 Å². The quantitative estimate of drug-likeness (QED) is 0.607. The van der Waals surface area contributed by atoms with E-state index in [2.05, 4.69) is 24.1 Å². The predicted octanol–water partition coefficient (Wildman–Crippen LogP) is 2.93. The Morgan fingerprint density at radius 3 is 2.36 bits per heavy atom. The van der Waals surface area contributed by atoms with Gasteiger partial charge in [-0.2, -0.15) is 13.2 Å². The van der Waals surface area contributed by atoms with Gasteiger partial charge in [0.05, 0.1) is 5.92 Å². The summed E-state index contributed by atoms with van der Waals surface area (Å²) in [5.41, 5.74) is -0.139. The van der Waals surface area contributed by atoms with Gasteiger partial charge in [-0.15, -0.1) is 0 Å². The number of para-hydroxylation sites is 1. The van der Waals surface area contributed by atoms with Crippen molar-refractivity contribution in [2.75, 3.05) is 32.8 Å². The van der Waals surface area contributed by atoms with Crippen molar-refractivity contribution >= 4 is 17.8 Å². The van der Waals surface area contributed by atoms with E-state index < -0.39 is 12.1 Å². The molecule has 3 aliphatic rings. The Kier molecular flexibility index (Phi) is 8.86. The standard InChI is InChI=1S/C23H33N3O3.C2HF3O2/c1-3-7-17(2)26-14-19-20(15-26)23(24-22(19)28)10-12-25(13-11-23)21(27)16-29-18-8-5-4-6-9-18;3-2(4,5)1(6)7/h4-6,8-9,17,19-20H,3,7,10-16H2,1-2H3,(H,24,28);(H,6,7)/t17?,19-,20+;/m1./s1. The van der Waals surface area contributed by atoms with Gasteiger partial charge in [-0.05, 0) is 38.3 Å². The minimum Gasteiger partial charge on any atom is -0.484 e. The van der Waals surface area contributed by atoms with Crippen LogP contribution >= 0.6 is 0 Å². The number of carboxylic acids is 1. The van der Waals surface area contributed by atoms with E-state index >= 15 is 0 Å². The van der Waals surface area contributed by atoms with Crippen molar-refractivity contribution in [1.82, 2.24) is 15.1 Å². The molecular formula is C25H34F3N3O5. The third-order valence-electron chi connectivity index (χ3n) is 7.45. The molecule has 1 aromatic rings. The van der Waals surface area contributed by atoms with Crippen LogP contribution in [0.5, 0.6) is 5.75 Å². The fraction of sp³-hybridized carbons (Fsp3) is 0.640. The molecule has 0 bridgehead atoms. The van der Waals surface area contributed by atoms with Crippen molar-refractivity contribution in [1.29, 1.82) is 0 Å². The highest BCUT2D eigenvalue weighted by atomic mass is 19.4. The maximum atomic E-state index is 12.7. The van der Waals surface area contributed by atoms with Crippen molar-refractivity contribution in [2.24, 2.45) is 11.8 Å². The molecule has 0 saturated carbocycles. The van der Waals surface area contributed by atoms with Crippen LogP contribution < -0.4 is 10.1 Å². The summed E-state index contributed by atoms with van der Waals surface area (Å²) in [5.74, 6) is -1.33. The zero-order valence-electron chi connectivity index (χ0n) is 20.6. The second kappa shape index (κ2) is 11.5. The molecule has 36 heavy (non-hydrogen) atoms. The Morgan fingerprint density at radius 2 is 1.81 bits per heavy atom. The number of carbonyl (C=O) groups excluding carboxylic acids is 2. The molecule has 8 nitrogen and oxygen atoms in total. The summed E-state index contributed by atoms with van der Waals surface area (Å²) in [6.45, 7) is 7.81. The first kappa shape index (κ1) is 27.8. The van der Waals surface area contributed by atoms with Crippen molar-refractivity contribution in [2.45, 2.75) is 57.3 Å². The van der Waals surface area contributed by atoms with Crippen molar-refractivity contribution in [3.63, 3.8) is 0 Å². The predicted molar refractivity (Wildman–Crippen MR) is 125 cm³/mol. The number of nitrogens with one attached hydrogen (secondary N) is 1. The van der Waals surface area contributed by atoms with Gasteiger partial charge >= 0.3 is 12.1 Å². The van der Waals surface area contributed by atoms with E-state index in [-0.39, 0.29) is 29.9 Å². The monoisotopic (exact) mass is 513 g/mol. The Bertz CT molecular complexity index is 919. The number of nitrogens with zero attached hydrogens (tertiary/aromatic N) is 2. The molecule has 3 aliphatic heterocycles. The summed E-state index contributed by atoms with van der Waals surface area (Å²) < 4.78 is 37.4. The number of hydrogen-bond donors (Lipinski definition) is 2. The summed E-state index contributed by atoms with van der Waals surface area (Å²) in [6, 6.07) is 9.98. The lowest BCUT2D eigenvalue weighted by molar-refractivity contribution is -0.192. The number of amides is 2. The number of likely N-dealkylation sites (tertiary alicyclic amines) is 2. The number of piperidine rings is 1. The van der Waals surface area contributed by atoms with Crippen molar-refractivity contribution in [3.05, 3.63) is 30.3 Å². The first-order valence-electron chi connectivity index (χ1n) is 12.3. The van der Waals surface area contributed by atoms with Gasteiger partial charge in [0, 0.05) is 43.7 Å². The molecule has 200 valence electrons. The molecule has 11 heteroatoms. The highest BCUT2D eigenvalue weighted by molar-refractivity contribution is 5.84. The number of halogens is 3.